The second-order valence-corrected chi connectivity index (χ2v) is 3.67. The first kappa shape index (κ1) is 8.37. The summed E-state index contributed by atoms with van der Waals surface area (Å²) >= 11 is 0. The molecule has 0 spiro atoms. The number of likely N-dealkylation sites (tertiary alicyclic amines) is 1. The Morgan fingerprint density at radius 3 is 2.27 bits per heavy atom. The van der Waals surface area contributed by atoms with E-state index in [1.807, 2.05) is 27.2 Å². The lowest BCUT2D eigenvalue weighted by molar-refractivity contribution is 0.0207. The van der Waals surface area contributed by atoms with E-state index in [9.17, 15) is 4.79 Å². The molecular weight excluding hydrogens is 142 g/mol. The van der Waals surface area contributed by atoms with Gasteiger partial charge < -0.3 is 9.64 Å². The lowest BCUT2D eigenvalue weighted by Gasteiger charge is -2.32. The van der Waals surface area contributed by atoms with E-state index in [1.54, 1.807) is 4.90 Å². The van der Waals surface area contributed by atoms with Crippen LogP contribution in [0, 0.1) is 6.42 Å². The number of carbonyl (C=O) groups excluding carboxylic acids is 1. The summed E-state index contributed by atoms with van der Waals surface area (Å²) in [5.41, 5.74) is -0.368. The molecule has 1 aliphatic heterocycles. The molecule has 1 aliphatic rings. The Kier molecular flexibility index (Phi) is 2.07. The Morgan fingerprint density at radius 2 is 2.00 bits per heavy atom. The van der Waals surface area contributed by atoms with Crippen LogP contribution in [0.4, 0.5) is 4.79 Å². The molecule has 0 aromatic rings. The summed E-state index contributed by atoms with van der Waals surface area (Å²) in [5, 5.41) is 0. The minimum atomic E-state index is -0.368. The van der Waals surface area contributed by atoms with Gasteiger partial charge in [-0.2, -0.15) is 0 Å². The van der Waals surface area contributed by atoms with Gasteiger partial charge >= 0.3 is 6.09 Å². The van der Waals surface area contributed by atoms with Gasteiger partial charge in [-0.05, 0) is 20.8 Å². The van der Waals surface area contributed by atoms with Crippen LogP contribution in [0.2, 0.25) is 0 Å². The van der Waals surface area contributed by atoms with Gasteiger partial charge in [0, 0.05) is 19.5 Å². The van der Waals surface area contributed by atoms with Crippen LogP contribution in [0.3, 0.4) is 0 Å². The van der Waals surface area contributed by atoms with Gasteiger partial charge in [0.2, 0.25) is 0 Å². The van der Waals surface area contributed by atoms with Gasteiger partial charge in [0.25, 0.3) is 0 Å². The van der Waals surface area contributed by atoms with Gasteiger partial charge in [-0.25, -0.2) is 4.79 Å². The maximum absolute atomic E-state index is 11.1. The van der Waals surface area contributed by atoms with Crippen molar-refractivity contribution >= 4 is 6.09 Å². The van der Waals surface area contributed by atoms with Gasteiger partial charge in [-0.3, -0.25) is 0 Å². The SMILES string of the molecule is CC(C)(C)OC(=O)N1C[CH]C1. The Bertz CT molecular complexity index is 156. The van der Waals surface area contributed by atoms with E-state index in [2.05, 4.69) is 0 Å². The second kappa shape index (κ2) is 2.72. The third kappa shape index (κ3) is 2.41. The fourth-order valence-electron chi connectivity index (χ4n) is 0.734. The van der Waals surface area contributed by atoms with Crippen molar-refractivity contribution in [3.8, 4) is 0 Å². The summed E-state index contributed by atoms with van der Waals surface area (Å²) in [6.45, 7) is 7.07. The van der Waals surface area contributed by atoms with Crippen molar-refractivity contribution < 1.29 is 9.53 Å². The topological polar surface area (TPSA) is 29.5 Å². The number of carbonyl (C=O) groups is 1. The molecule has 0 bridgehead atoms. The molecule has 1 fully saturated rings. The highest BCUT2D eigenvalue weighted by Crippen LogP contribution is 2.13. The van der Waals surface area contributed by atoms with E-state index >= 15 is 0 Å². The van der Waals surface area contributed by atoms with Crippen molar-refractivity contribution in [3.05, 3.63) is 6.42 Å². The summed E-state index contributed by atoms with van der Waals surface area (Å²) in [5.74, 6) is 0. The zero-order chi connectivity index (χ0) is 8.48. The molecule has 0 saturated carbocycles. The molecule has 0 aliphatic carbocycles. The highest BCUT2D eigenvalue weighted by Gasteiger charge is 2.25. The average molecular weight is 156 g/mol. The maximum atomic E-state index is 11.1. The minimum absolute atomic E-state index is 0.208. The quantitative estimate of drug-likeness (QED) is 0.531. The largest absolute Gasteiger partial charge is 0.444 e. The zero-order valence-corrected chi connectivity index (χ0v) is 7.26. The number of ether oxygens (including phenoxy) is 1. The molecule has 1 heterocycles. The van der Waals surface area contributed by atoms with Crippen molar-refractivity contribution in [1.29, 1.82) is 0 Å². The number of amides is 1. The van der Waals surface area contributed by atoms with Gasteiger partial charge in [0.15, 0.2) is 0 Å². The van der Waals surface area contributed by atoms with Crippen LogP contribution >= 0.6 is 0 Å². The molecule has 1 radical (unpaired) electrons. The van der Waals surface area contributed by atoms with Crippen molar-refractivity contribution in [1.82, 2.24) is 4.90 Å². The number of nitrogens with zero attached hydrogens (tertiary/aromatic N) is 1. The van der Waals surface area contributed by atoms with Crippen LogP contribution in [-0.2, 0) is 4.74 Å². The maximum Gasteiger partial charge on any atom is 0.410 e. The fourth-order valence-corrected chi connectivity index (χ4v) is 0.734. The number of rotatable bonds is 0. The Labute approximate surface area is 67.3 Å². The van der Waals surface area contributed by atoms with Crippen LogP contribution in [0.25, 0.3) is 0 Å². The van der Waals surface area contributed by atoms with Gasteiger partial charge in [0.05, 0.1) is 0 Å². The lowest BCUT2D eigenvalue weighted by atomic mass is 10.2. The van der Waals surface area contributed by atoms with Crippen molar-refractivity contribution in [3.63, 3.8) is 0 Å². The van der Waals surface area contributed by atoms with Crippen LogP contribution in [0.15, 0.2) is 0 Å². The van der Waals surface area contributed by atoms with E-state index in [1.165, 1.54) is 0 Å². The van der Waals surface area contributed by atoms with Crippen LogP contribution in [0.1, 0.15) is 20.8 Å². The zero-order valence-electron chi connectivity index (χ0n) is 7.26. The third-order valence-corrected chi connectivity index (χ3v) is 1.35. The van der Waals surface area contributed by atoms with Crippen LogP contribution < -0.4 is 0 Å². The molecule has 0 atom stereocenters. The van der Waals surface area contributed by atoms with Crippen LogP contribution in [0.5, 0.6) is 0 Å². The molecule has 11 heavy (non-hydrogen) atoms. The standard InChI is InChI=1S/C8H14NO2/c1-8(2,3)11-7(10)9-5-4-6-9/h4H,5-6H2,1-3H3. The van der Waals surface area contributed by atoms with E-state index in [0.717, 1.165) is 13.1 Å². The molecule has 0 aromatic heterocycles. The van der Waals surface area contributed by atoms with E-state index in [-0.39, 0.29) is 11.7 Å². The molecule has 63 valence electrons. The van der Waals surface area contributed by atoms with Gasteiger partial charge in [-0.1, -0.05) is 0 Å². The number of hydrogen-bond donors (Lipinski definition) is 0. The summed E-state index contributed by atoms with van der Waals surface area (Å²) in [4.78, 5) is 12.8. The first-order chi connectivity index (χ1) is 4.99. The molecule has 3 heteroatoms. The summed E-state index contributed by atoms with van der Waals surface area (Å²) < 4.78 is 5.11. The first-order valence-corrected chi connectivity index (χ1v) is 3.78. The van der Waals surface area contributed by atoms with Crippen LogP contribution in [-0.4, -0.2) is 29.7 Å². The van der Waals surface area contributed by atoms with E-state index in [4.69, 9.17) is 4.74 Å². The van der Waals surface area contributed by atoms with Crippen molar-refractivity contribution in [2.75, 3.05) is 13.1 Å². The molecule has 1 rings (SSSR count). The number of hydrogen-bond acceptors (Lipinski definition) is 2. The monoisotopic (exact) mass is 156 g/mol. The van der Waals surface area contributed by atoms with E-state index < -0.39 is 0 Å². The summed E-state index contributed by atoms with van der Waals surface area (Å²) in [6.07, 6.45) is 1.82. The van der Waals surface area contributed by atoms with E-state index in [0.29, 0.717) is 0 Å². The Hall–Kier alpha value is -0.730. The lowest BCUT2D eigenvalue weighted by Crippen LogP contribution is -2.45. The second-order valence-electron chi connectivity index (χ2n) is 3.67. The Morgan fingerprint density at radius 1 is 1.45 bits per heavy atom. The van der Waals surface area contributed by atoms with Gasteiger partial charge in [0.1, 0.15) is 5.60 Å². The third-order valence-electron chi connectivity index (χ3n) is 1.35. The fraction of sp³-hybridized carbons (Fsp3) is 0.750. The molecule has 1 amide bonds. The van der Waals surface area contributed by atoms with Gasteiger partial charge in [-0.15, -0.1) is 0 Å². The average Bonchev–Trinajstić information content (AvgIpc) is 1.50. The first-order valence-electron chi connectivity index (χ1n) is 3.78. The van der Waals surface area contributed by atoms with Crippen molar-refractivity contribution in [2.24, 2.45) is 0 Å². The molecule has 0 unspecified atom stereocenters. The predicted octanol–water partition coefficient (Wildman–Crippen LogP) is 1.44. The highest BCUT2D eigenvalue weighted by molar-refractivity contribution is 5.69. The minimum Gasteiger partial charge on any atom is -0.444 e. The predicted molar refractivity (Wildman–Crippen MR) is 42.1 cm³/mol. The summed E-state index contributed by atoms with van der Waals surface area (Å²) in [7, 11) is 0. The highest BCUT2D eigenvalue weighted by atomic mass is 16.6. The molecule has 0 aromatic carbocycles. The van der Waals surface area contributed by atoms with Crippen molar-refractivity contribution in [2.45, 2.75) is 26.4 Å². The molecule has 0 N–H and O–H groups in total. The Balaban J connectivity index is 2.31. The normalized spacial score (nSPS) is 17.5. The molecular formula is C8H14NO2. The summed E-state index contributed by atoms with van der Waals surface area (Å²) in [6, 6.07) is 0. The smallest absolute Gasteiger partial charge is 0.410 e. The molecule has 3 nitrogen and oxygen atoms in total. The molecule has 1 saturated heterocycles.